The predicted octanol–water partition coefficient (Wildman–Crippen LogP) is -0.331. The number of aliphatic hydroxyl groups is 2. The molecule has 0 aromatic heterocycles. The van der Waals surface area contributed by atoms with E-state index in [9.17, 15) is 14.7 Å². The van der Waals surface area contributed by atoms with Crippen molar-refractivity contribution in [2.75, 3.05) is 0 Å². The standard InChI is InChI=1S/C10H16O6/c11-7(9(13)14)8(12)10(15)16-6-4-2-1-3-5-6/h6-8,11-12H,1-5H2,(H,13,14)/t7-,8-/m0/s1. The Morgan fingerprint density at radius 2 is 1.62 bits per heavy atom. The summed E-state index contributed by atoms with van der Waals surface area (Å²) in [4.78, 5) is 21.6. The summed E-state index contributed by atoms with van der Waals surface area (Å²) in [7, 11) is 0. The molecule has 1 fully saturated rings. The minimum absolute atomic E-state index is 0.267. The first kappa shape index (κ1) is 12.9. The van der Waals surface area contributed by atoms with Crippen molar-refractivity contribution in [3.05, 3.63) is 0 Å². The van der Waals surface area contributed by atoms with Crippen molar-refractivity contribution in [3.63, 3.8) is 0 Å². The van der Waals surface area contributed by atoms with Gasteiger partial charge in [0, 0.05) is 0 Å². The molecular formula is C10H16O6. The number of hydrogen-bond donors (Lipinski definition) is 3. The maximum Gasteiger partial charge on any atom is 0.338 e. The van der Waals surface area contributed by atoms with E-state index >= 15 is 0 Å². The van der Waals surface area contributed by atoms with Gasteiger partial charge >= 0.3 is 11.9 Å². The van der Waals surface area contributed by atoms with E-state index in [1.165, 1.54) is 0 Å². The maximum absolute atomic E-state index is 11.3. The molecule has 0 amide bonds. The van der Waals surface area contributed by atoms with Crippen molar-refractivity contribution < 1.29 is 29.6 Å². The number of rotatable bonds is 4. The molecule has 6 nitrogen and oxygen atoms in total. The first-order chi connectivity index (χ1) is 7.52. The molecule has 0 radical (unpaired) electrons. The Morgan fingerprint density at radius 3 is 2.12 bits per heavy atom. The summed E-state index contributed by atoms with van der Waals surface area (Å²) in [6, 6.07) is 0. The van der Waals surface area contributed by atoms with Crippen LogP contribution < -0.4 is 0 Å². The SMILES string of the molecule is O=C(O)[C@@H](O)[C@H](O)C(=O)OC1CCCCC1. The first-order valence-electron chi connectivity index (χ1n) is 5.32. The fourth-order valence-electron chi connectivity index (χ4n) is 1.68. The van der Waals surface area contributed by atoms with Gasteiger partial charge in [0.15, 0.2) is 12.2 Å². The highest BCUT2D eigenvalue weighted by Crippen LogP contribution is 2.20. The highest BCUT2D eigenvalue weighted by atomic mass is 16.6. The Hall–Kier alpha value is -1.14. The number of carbonyl (C=O) groups is 2. The van der Waals surface area contributed by atoms with Gasteiger partial charge in [-0.05, 0) is 25.7 Å². The van der Waals surface area contributed by atoms with E-state index in [1.54, 1.807) is 0 Å². The van der Waals surface area contributed by atoms with Crippen LogP contribution in [0.3, 0.4) is 0 Å². The fraction of sp³-hybridized carbons (Fsp3) is 0.800. The number of carbonyl (C=O) groups excluding carboxylic acids is 1. The van der Waals surface area contributed by atoms with Gasteiger partial charge in [0.2, 0.25) is 0 Å². The van der Waals surface area contributed by atoms with Crippen molar-refractivity contribution in [2.24, 2.45) is 0 Å². The Kier molecular flexibility index (Phi) is 4.70. The van der Waals surface area contributed by atoms with Crippen molar-refractivity contribution in [3.8, 4) is 0 Å². The minimum atomic E-state index is -2.13. The lowest BCUT2D eigenvalue weighted by Crippen LogP contribution is -2.42. The lowest BCUT2D eigenvalue weighted by molar-refractivity contribution is -0.174. The second kappa shape index (κ2) is 5.81. The van der Waals surface area contributed by atoms with E-state index in [0.717, 1.165) is 32.1 Å². The molecule has 1 rings (SSSR count). The van der Waals surface area contributed by atoms with E-state index in [2.05, 4.69) is 0 Å². The zero-order chi connectivity index (χ0) is 12.1. The van der Waals surface area contributed by atoms with Crippen LogP contribution in [0, 0.1) is 0 Å². The summed E-state index contributed by atoms with van der Waals surface area (Å²) in [6.07, 6.45) is 0.0373. The van der Waals surface area contributed by atoms with Crippen molar-refractivity contribution in [1.29, 1.82) is 0 Å². The number of aliphatic hydroxyl groups excluding tert-OH is 2. The van der Waals surface area contributed by atoms with Crippen LogP contribution in [-0.4, -0.2) is 45.6 Å². The van der Waals surface area contributed by atoms with E-state index in [0.29, 0.717) is 0 Å². The molecule has 1 aliphatic carbocycles. The molecule has 0 aliphatic heterocycles. The van der Waals surface area contributed by atoms with Gasteiger partial charge < -0.3 is 20.1 Å². The second-order valence-corrected chi connectivity index (χ2v) is 3.92. The summed E-state index contributed by atoms with van der Waals surface area (Å²) in [6.45, 7) is 0. The first-order valence-corrected chi connectivity index (χ1v) is 5.32. The molecule has 0 heterocycles. The van der Waals surface area contributed by atoms with Crippen LogP contribution >= 0.6 is 0 Å². The molecule has 1 aliphatic rings. The van der Waals surface area contributed by atoms with Gasteiger partial charge in [-0.25, -0.2) is 9.59 Å². The van der Waals surface area contributed by atoms with Crippen LogP contribution in [-0.2, 0) is 14.3 Å². The number of hydrogen-bond acceptors (Lipinski definition) is 5. The van der Waals surface area contributed by atoms with Gasteiger partial charge in [0.25, 0.3) is 0 Å². The highest BCUT2D eigenvalue weighted by molar-refractivity contribution is 5.84. The molecule has 16 heavy (non-hydrogen) atoms. The van der Waals surface area contributed by atoms with Crippen molar-refractivity contribution >= 4 is 11.9 Å². The van der Waals surface area contributed by atoms with Crippen molar-refractivity contribution in [1.82, 2.24) is 0 Å². The molecule has 0 bridgehead atoms. The zero-order valence-corrected chi connectivity index (χ0v) is 8.83. The Bertz CT molecular complexity index is 258. The molecule has 0 spiro atoms. The van der Waals surface area contributed by atoms with Gasteiger partial charge in [0.1, 0.15) is 6.10 Å². The van der Waals surface area contributed by atoms with Crippen LogP contribution in [0.5, 0.6) is 0 Å². The number of carboxylic acid groups (broad SMARTS) is 1. The minimum Gasteiger partial charge on any atom is -0.479 e. The average Bonchev–Trinajstić information content (AvgIpc) is 2.28. The number of ether oxygens (including phenoxy) is 1. The zero-order valence-electron chi connectivity index (χ0n) is 8.83. The Morgan fingerprint density at radius 1 is 1.06 bits per heavy atom. The lowest BCUT2D eigenvalue weighted by atomic mass is 9.98. The van der Waals surface area contributed by atoms with Gasteiger partial charge in [0.05, 0.1) is 0 Å². The van der Waals surface area contributed by atoms with E-state index < -0.39 is 24.1 Å². The number of carboxylic acids is 1. The molecule has 0 unspecified atom stereocenters. The summed E-state index contributed by atoms with van der Waals surface area (Å²) in [5.74, 6) is -2.71. The summed E-state index contributed by atoms with van der Waals surface area (Å²) in [5.41, 5.74) is 0. The van der Waals surface area contributed by atoms with E-state index in [4.69, 9.17) is 14.9 Å². The van der Waals surface area contributed by atoms with Crippen LogP contribution in [0.1, 0.15) is 32.1 Å². The summed E-state index contributed by atoms with van der Waals surface area (Å²) < 4.78 is 4.91. The van der Waals surface area contributed by atoms with Crippen LogP contribution in [0.25, 0.3) is 0 Å². The Balaban J connectivity index is 2.41. The second-order valence-electron chi connectivity index (χ2n) is 3.92. The average molecular weight is 232 g/mol. The van der Waals surface area contributed by atoms with Crippen molar-refractivity contribution in [2.45, 2.75) is 50.4 Å². The molecule has 3 N–H and O–H groups in total. The van der Waals surface area contributed by atoms with E-state index in [-0.39, 0.29) is 6.10 Å². The molecule has 0 saturated heterocycles. The largest absolute Gasteiger partial charge is 0.479 e. The van der Waals surface area contributed by atoms with Crippen LogP contribution in [0.15, 0.2) is 0 Å². The topological polar surface area (TPSA) is 104 Å². The summed E-state index contributed by atoms with van der Waals surface area (Å²) >= 11 is 0. The van der Waals surface area contributed by atoms with Gasteiger partial charge in [-0.2, -0.15) is 0 Å². The molecule has 6 heteroatoms. The number of esters is 1. The van der Waals surface area contributed by atoms with Gasteiger partial charge in [-0.1, -0.05) is 6.42 Å². The monoisotopic (exact) mass is 232 g/mol. The maximum atomic E-state index is 11.3. The highest BCUT2D eigenvalue weighted by Gasteiger charge is 2.33. The Labute approximate surface area is 92.8 Å². The summed E-state index contributed by atoms with van der Waals surface area (Å²) in [5, 5.41) is 26.5. The molecule has 92 valence electrons. The third kappa shape index (κ3) is 3.46. The number of aliphatic carboxylic acids is 1. The normalized spacial score (nSPS) is 21.1. The van der Waals surface area contributed by atoms with E-state index in [1.807, 2.05) is 0 Å². The van der Waals surface area contributed by atoms with Crippen LogP contribution in [0.2, 0.25) is 0 Å². The van der Waals surface area contributed by atoms with Crippen LogP contribution in [0.4, 0.5) is 0 Å². The molecular weight excluding hydrogens is 216 g/mol. The molecule has 0 aromatic rings. The molecule has 2 atom stereocenters. The predicted molar refractivity (Wildman–Crippen MR) is 52.6 cm³/mol. The third-order valence-electron chi connectivity index (χ3n) is 2.63. The smallest absolute Gasteiger partial charge is 0.338 e. The fourth-order valence-corrected chi connectivity index (χ4v) is 1.68. The molecule has 1 saturated carbocycles. The quantitative estimate of drug-likeness (QED) is 0.573. The lowest BCUT2D eigenvalue weighted by Gasteiger charge is -2.23. The molecule has 0 aromatic carbocycles. The van der Waals surface area contributed by atoms with Gasteiger partial charge in [-0.3, -0.25) is 0 Å². The third-order valence-corrected chi connectivity index (χ3v) is 2.63. The van der Waals surface area contributed by atoms with Gasteiger partial charge in [-0.15, -0.1) is 0 Å².